The molecule has 0 heterocycles. The maximum Gasteiger partial charge on any atom is 0.193 e. The highest BCUT2D eigenvalue weighted by atomic mass is 16.5. The lowest BCUT2D eigenvalue weighted by molar-refractivity contribution is 0.103. The van der Waals surface area contributed by atoms with E-state index in [9.17, 15) is 4.79 Å². The van der Waals surface area contributed by atoms with E-state index < -0.39 is 0 Å². The Labute approximate surface area is 153 Å². The maximum absolute atomic E-state index is 12.4. The third-order valence-corrected chi connectivity index (χ3v) is 5.01. The summed E-state index contributed by atoms with van der Waals surface area (Å²) in [5.74, 6) is 0.979. The topological polar surface area (TPSA) is 52.3 Å². The van der Waals surface area contributed by atoms with E-state index >= 15 is 0 Å². The molecule has 1 aliphatic rings. The van der Waals surface area contributed by atoms with Gasteiger partial charge in [-0.05, 0) is 41.8 Å². The Morgan fingerprint density at radius 2 is 1.54 bits per heavy atom. The molecule has 0 fully saturated rings. The van der Waals surface area contributed by atoms with Crippen LogP contribution in [0.3, 0.4) is 0 Å². The standard InChI is InChI=1S/C23H21NO2/c24-22-14-18-8-4-5-9-20(18)21(22)15-26-19-12-10-17(11-13-19)23(25)16-6-2-1-3-7-16/h1-13,21-22H,14-15,24H2/t21-,22+/m1/s1. The molecule has 3 aromatic carbocycles. The van der Waals surface area contributed by atoms with Crippen LogP contribution in [-0.2, 0) is 6.42 Å². The predicted octanol–water partition coefficient (Wildman–Crippen LogP) is 3.96. The molecule has 1 aliphatic carbocycles. The summed E-state index contributed by atoms with van der Waals surface area (Å²) in [5.41, 5.74) is 10.3. The Balaban J connectivity index is 1.43. The lowest BCUT2D eigenvalue weighted by atomic mass is 10.00. The molecule has 3 aromatic rings. The zero-order valence-electron chi connectivity index (χ0n) is 14.5. The number of ether oxygens (including phenoxy) is 1. The van der Waals surface area contributed by atoms with Crippen LogP contribution in [-0.4, -0.2) is 18.4 Å². The van der Waals surface area contributed by atoms with Gasteiger partial charge in [-0.2, -0.15) is 0 Å². The Morgan fingerprint density at radius 1 is 0.885 bits per heavy atom. The van der Waals surface area contributed by atoms with Crippen molar-refractivity contribution >= 4 is 5.78 Å². The van der Waals surface area contributed by atoms with Crippen molar-refractivity contribution in [3.63, 3.8) is 0 Å². The van der Waals surface area contributed by atoms with E-state index in [1.54, 1.807) is 0 Å². The first kappa shape index (κ1) is 16.6. The van der Waals surface area contributed by atoms with Crippen LogP contribution in [0.15, 0.2) is 78.9 Å². The van der Waals surface area contributed by atoms with Crippen LogP contribution in [0.4, 0.5) is 0 Å². The van der Waals surface area contributed by atoms with Gasteiger partial charge in [-0.3, -0.25) is 4.79 Å². The highest BCUT2D eigenvalue weighted by Gasteiger charge is 2.29. The third-order valence-electron chi connectivity index (χ3n) is 5.01. The summed E-state index contributed by atoms with van der Waals surface area (Å²) in [6.45, 7) is 0.546. The van der Waals surface area contributed by atoms with E-state index in [2.05, 4.69) is 18.2 Å². The van der Waals surface area contributed by atoms with Gasteiger partial charge in [-0.25, -0.2) is 0 Å². The van der Waals surface area contributed by atoms with Gasteiger partial charge in [-0.1, -0.05) is 54.6 Å². The van der Waals surface area contributed by atoms with Gasteiger partial charge in [0, 0.05) is 23.1 Å². The first-order valence-electron chi connectivity index (χ1n) is 8.88. The number of benzene rings is 3. The Morgan fingerprint density at radius 3 is 2.31 bits per heavy atom. The molecule has 0 amide bonds. The molecule has 0 aromatic heterocycles. The monoisotopic (exact) mass is 343 g/mol. The fourth-order valence-corrected chi connectivity index (χ4v) is 3.57. The van der Waals surface area contributed by atoms with Crippen LogP contribution < -0.4 is 10.5 Å². The number of hydrogen-bond donors (Lipinski definition) is 1. The zero-order valence-corrected chi connectivity index (χ0v) is 14.5. The van der Waals surface area contributed by atoms with Gasteiger partial charge < -0.3 is 10.5 Å². The maximum atomic E-state index is 12.4. The minimum Gasteiger partial charge on any atom is -0.493 e. The fraction of sp³-hybridized carbons (Fsp3) is 0.174. The van der Waals surface area contributed by atoms with Gasteiger partial charge in [-0.15, -0.1) is 0 Å². The van der Waals surface area contributed by atoms with Gasteiger partial charge in [0.25, 0.3) is 0 Å². The fourth-order valence-electron chi connectivity index (χ4n) is 3.57. The van der Waals surface area contributed by atoms with E-state index in [1.165, 1.54) is 11.1 Å². The van der Waals surface area contributed by atoms with Crippen molar-refractivity contribution in [3.05, 3.63) is 101 Å². The molecule has 130 valence electrons. The van der Waals surface area contributed by atoms with E-state index in [0.29, 0.717) is 17.7 Å². The van der Waals surface area contributed by atoms with Gasteiger partial charge in [0.05, 0.1) is 6.61 Å². The molecule has 0 saturated heterocycles. The molecular weight excluding hydrogens is 322 g/mol. The highest BCUT2D eigenvalue weighted by Crippen LogP contribution is 2.32. The molecule has 0 bridgehead atoms. The molecular formula is C23H21NO2. The molecule has 0 aliphatic heterocycles. The number of fused-ring (bicyclic) bond motifs is 1. The molecule has 2 atom stereocenters. The van der Waals surface area contributed by atoms with Crippen molar-refractivity contribution in [3.8, 4) is 5.75 Å². The van der Waals surface area contributed by atoms with Gasteiger partial charge in [0.15, 0.2) is 5.78 Å². The van der Waals surface area contributed by atoms with Crippen molar-refractivity contribution in [1.82, 2.24) is 0 Å². The highest BCUT2D eigenvalue weighted by molar-refractivity contribution is 6.08. The summed E-state index contributed by atoms with van der Waals surface area (Å²) in [6, 6.07) is 25.1. The first-order chi connectivity index (χ1) is 12.7. The predicted molar refractivity (Wildman–Crippen MR) is 103 cm³/mol. The Bertz CT molecular complexity index is 903. The number of carbonyl (C=O) groups excluding carboxylic acids is 1. The Hall–Kier alpha value is -2.91. The number of rotatable bonds is 5. The van der Waals surface area contributed by atoms with Crippen LogP contribution >= 0.6 is 0 Å². The summed E-state index contributed by atoms with van der Waals surface area (Å²) in [5, 5.41) is 0. The molecule has 26 heavy (non-hydrogen) atoms. The summed E-state index contributed by atoms with van der Waals surface area (Å²) >= 11 is 0. The van der Waals surface area contributed by atoms with Crippen LogP contribution in [0, 0.1) is 0 Å². The quantitative estimate of drug-likeness (QED) is 0.713. The third kappa shape index (κ3) is 3.26. The Kier molecular flexibility index (Phi) is 4.55. The summed E-state index contributed by atoms with van der Waals surface area (Å²) in [6.07, 6.45) is 0.898. The molecule has 2 N–H and O–H groups in total. The minimum absolute atomic E-state index is 0.0175. The van der Waals surface area contributed by atoms with E-state index in [0.717, 1.165) is 12.2 Å². The van der Waals surface area contributed by atoms with Crippen LogP contribution in [0.5, 0.6) is 5.75 Å². The molecule has 0 spiro atoms. The number of ketones is 1. The first-order valence-corrected chi connectivity index (χ1v) is 8.88. The summed E-state index contributed by atoms with van der Waals surface area (Å²) in [4.78, 5) is 12.4. The van der Waals surface area contributed by atoms with Crippen LogP contribution in [0.1, 0.15) is 33.0 Å². The van der Waals surface area contributed by atoms with Gasteiger partial charge in [0.1, 0.15) is 5.75 Å². The number of nitrogens with two attached hydrogens (primary N) is 1. The summed E-state index contributed by atoms with van der Waals surface area (Å²) in [7, 11) is 0. The SMILES string of the molecule is N[C@H]1Cc2ccccc2[C@H]1COc1ccc(C(=O)c2ccccc2)cc1. The van der Waals surface area contributed by atoms with E-state index in [1.807, 2.05) is 60.7 Å². The molecule has 0 saturated carbocycles. The summed E-state index contributed by atoms with van der Waals surface area (Å²) < 4.78 is 5.97. The largest absolute Gasteiger partial charge is 0.493 e. The second kappa shape index (κ2) is 7.14. The average Bonchev–Trinajstić information content (AvgIpc) is 3.02. The molecule has 0 unspecified atom stereocenters. The van der Waals surface area contributed by atoms with Crippen molar-refractivity contribution in [2.24, 2.45) is 5.73 Å². The molecule has 0 radical (unpaired) electrons. The minimum atomic E-state index is 0.0175. The normalized spacial score (nSPS) is 18.3. The number of hydrogen-bond acceptors (Lipinski definition) is 3. The lowest BCUT2D eigenvalue weighted by Crippen LogP contribution is -2.28. The molecule has 3 heteroatoms. The van der Waals surface area contributed by atoms with Crippen molar-refractivity contribution < 1.29 is 9.53 Å². The zero-order chi connectivity index (χ0) is 17.9. The second-order valence-corrected chi connectivity index (χ2v) is 6.70. The molecule has 3 nitrogen and oxygen atoms in total. The van der Waals surface area contributed by atoms with Crippen LogP contribution in [0.25, 0.3) is 0 Å². The van der Waals surface area contributed by atoms with E-state index in [-0.39, 0.29) is 17.7 Å². The van der Waals surface area contributed by atoms with Crippen molar-refractivity contribution in [1.29, 1.82) is 0 Å². The van der Waals surface area contributed by atoms with E-state index in [4.69, 9.17) is 10.5 Å². The number of carbonyl (C=O) groups is 1. The average molecular weight is 343 g/mol. The van der Waals surface area contributed by atoms with Crippen LogP contribution in [0.2, 0.25) is 0 Å². The second-order valence-electron chi connectivity index (χ2n) is 6.70. The van der Waals surface area contributed by atoms with Gasteiger partial charge in [0.2, 0.25) is 0 Å². The van der Waals surface area contributed by atoms with Crippen molar-refractivity contribution in [2.75, 3.05) is 6.61 Å². The molecule has 4 rings (SSSR count). The van der Waals surface area contributed by atoms with Gasteiger partial charge >= 0.3 is 0 Å². The smallest absolute Gasteiger partial charge is 0.193 e. The van der Waals surface area contributed by atoms with Crippen molar-refractivity contribution in [2.45, 2.75) is 18.4 Å². The lowest BCUT2D eigenvalue weighted by Gasteiger charge is -2.17.